The molecular weight excluding hydrogens is 357 g/mol. The number of H-pyrrole nitrogens is 2. The zero-order valence-corrected chi connectivity index (χ0v) is 12.2. The Morgan fingerprint density at radius 3 is 3.00 bits per heavy atom. The number of nitrogens with zero attached hydrogens (tertiary/aromatic N) is 3. The van der Waals surface area contributed by atoms with Crippen LogP contribution in [0.2, 0.25) is 0 Å². The van der Waals surface area contributed by atoms with Crippen LogP contribution >= 0.6 is 22.6 Å². The fraction of sp³-hybridized carbons (Fsp3) is 0.0833. The third-order valence-electron chi connectivity index (χ3n) is 2.80. The molecule has 3 rings (SSSR count). The van der Waals surface area contributed by atoms with Crippen molar-refractivity contribution in [1.82, 2.24) is 19.9 Å². The summed E-state index contributed by atoms with van der Waals surface area (Å²) < 4.78 is 1.12. The third-order valence-corrected chi connectivity index (χ3v) is 3.47. The molecule has 1 aromatic carbocycles. The van der Waals surface area contributed by atoms with E-state index in [1.54, 1.807) is 0 Å². The van der Waals surface area contributed by atoms with Gasteiger partial charge in [0.25, 0.3) is 5.56 Å². The van der Waals surface area contributed by atoms with E-state index in [4.69, 9.17) is 0 Å². The quantitative estimate of drug-likeness (QED) is 0.680. The summed E-state index contributed by atoms with van der Waals surface area (Å²) in [5, 5.41) is 0. The molecule has 2 N–H and O–H groups in total. The number of aromatic amines is 2. The lowest BCUT2D eigenvalue weighted by Crippen LogP contribution is -2.18. The van der Waals surface area contributed by atoms with E-state index in [-0.39, 0.29) is 5.56 Å². The molecule has 0 aliphatic heterocycles. The van der Waals surface area contributed by atoms with Crippen molar-refractivity contribution in [3.8, 4) is 0 Å². The van der Waals surface area contributed by atoms with E-state index >= 15 is 0 Å². The van der Waals surface area contributed by atoms with Crippen LogP contribution < -0.4 is 10.5 Å². The van der Waals surface area contributed by atoms with Crippen molar-refractivity contribution < 1.29 is 0 Å². The van der Waals surface area contributed by atoms with Crippen LogP contribution in [0.15, 0.2) is 35.4 Å². The number of anilines is 2. The Kier molecular flexibility index (Phi) is 2.97. The molecule has 2 aromatic heterocycles. The Morgan fingerprint density at radius 2 is 2.21 bits per heavy atom. The first-order chi connectivity index (χ1) is 9.15. The van der Waals surface area contributed by atoms with Gasteiger partial charge in [0, 0.05) is 16.3 Å². The minimum atomic E-state index is -0.227. The van der Waals surface area contributed by atoms with Crippen LogP contribution in [0.4, 0.5) is 11.6 Å². The second kappa shape index (κ2) is 4.65. The van der Waals surface area contributed by atoms with Crippen LogP contribution in [0.3, 0.4) is 0 Å². The Labute approximate surface area is 122 Å². The van der Waals surface area contributed by atoms with Gasteiger partial charge in [-0.15, -0.1) is 0 Å². The summed E-state index contributed by atoms with van der Waals surface area (Å²) in [7, 11) is 1.85. The van der Waals surface area contributed by atoms with Crippen molar-refractivity contribution in [3.63, 3.8) is 0 Å². The number of benzene rings is 1. The second-order valence-electron chi connectivity index (χ2n) is 4.03. The lowest BCUT2D eigenvalue weighted by atomic mass is 10.3. The number of halogens is 1. The van der Waals surface area contributed by atoms with Crippen LogP contribution in [-0.4, -0.2) is 27.0 Å². The molecule has 96 valence electrons. The van der Waals surface area contributed by atoms with Gasteiger partial charge in [-0.1, -0.05) is 6.07 Å². The summed E-state index contributed by atoms with van der Waals surface area (Å²) >= 11 is 2.24. The maximum Gasteiger partial charge on any atom is 0.278 e. The number of hydrogen-bond donors (Lipinski definition) is 2. The molecule has 0 aliphatic rings. The fourth-order valence-corrected chi connectivity index (χ4v) is 2.32. The highest BCUT2D eigenvalue weighted by molar-refractivity contribution is 14.1. The monoisotopic (exact) mass is 367 g/mol. The van der Waals surface area contributed by atoms with E-state index in [1.165, 1.54) is 6.33 Å². The van der Waals surface area contributed by atoms with Gasteiger partial charge >= 0.3 is 0 Å². The first-order valence-corrected chi connectivity index (χ1v) is 6.66. The molecule has 19 heavy (non-hydrogen) atoms. The molecule has 0 saturated heterocycles. The van der Waals surface area contributed by atoms with Crippen molar-refractivity contribution in [2.45, 2.75) is 0 Å². The van der Waals surface area contributed by atoms with Crippen LogP contribution in [0.25, 0.3) is 11.2 Å². The van der Waals surface area contributed by atoms with E-state index in [0.717, 1.165) is 9.26 Å². The molecule has 0 saturated carbocycles. The van der Waals surface area contributed by atoms with Gasteiger partial charge in [-0.3, -0.25) is 9.78 Å². The largest absolute Gasteiger partial charge is 0.339 e. The Hall–Kier alpha value is -1.90. The molecule has 2 heterocycles. The highest BCUT2D eigenvalue weighted by atomic mass is 127. The fourth-order valence-electron chi connectivity index (χ4n) is 1.80. The molecule has 0 atom stereocenters. The Bertz CT molecular complexity index is 794. The highest BCUT2D eigenvalue weighted by Gasteiger charge is 2.10. The molecule has 6 nitrogen and oxygen atoms in total. The van der Waals surface area contributed by atoms with Gasteiger partial charge in [0.05, 0.1) is 6.33 Å². The van der Waals surface area contributed by atoms with Crippen LogP contribution in [0, 0.1) is 3.57 Å². The lowest BCUT2D eigenvalue weighted by Gasteiger charge is -2.17. The average Bonchev–Trinajstić information content (AvgIpc) is 2.86. The molecule has 3 aromatic rings. The second-order valence-corrected chi connectivity index (χ2v) is 5.28. The first-order valence-electron chi connectivity index (χ1n) is 5.58. The molecule has 0 spiro atoms. The van der Waals surface area contributed by atoms with E-state index in [9.17, 15) is 4.79 Å². The van der Waals surface area contributed by atoms with Gasteiger partial charge in [0.2, 0.25) is 5.95 Å². The van der Waals surface area contributed by atoms with Crippen molar-refractivity contribution in [3.05, 3.63) is 44.5 Å². The Morgan fingerprint density at radius 1 is 1.37 bits per heavy atom. The van der Waals surface area contributed by atoms with Gasteiger partial charge in [0.1, 0.15) is 0 Å². The minimum absolute atomic E-state index is 0.227. The number of hydrogen-bond acceptors (Lipinski definition) is 4. The molecule has 0 aliphatic carbocycles. The molecule has 7 heteroatoms. The molecule has 0 fully saturated rings. The van der Waals surface area contributed by atoms with Crippen molar-refractivity contribution in [1.29, 1.82) is 0 Å². The smallest absolute Gasteiger partial charge is 0.278 e. The maximum absolute atomic E-state index is 11.9. The van der Waals surface area contributed by atoms with Gasteiger partial charge in [0.15, 0.2) is 11.2 Å². The SMILES string of the molecule is CN(c1cccc(I)c1)c1nc2nc[nH]c2c(=O)[nH]1. The minimum Gasteiger partial charge on any atom is -0.339 e. The molecule has 0 radical (unpaired) electrons. The summed E-state index contributed by atoms with van der Waals surface area (Å²) in [6, 6.07) is 7.93. The number of aromatic nitrogens is 4. The lowest BCUT2D eigenvalue weighted by molar-refractivity contribution is 1.04. The summed E-state index contributed by atoms with van der Waals surface area (Å²) in [5.41, 5.74) is 1.52. The maximum atomic E-state index is 11.9. The zero-order chi connectivity index (χ0) is 13.4. The summed E-state index contributed by atoms with van der Waals surface area (Å²) in [6.07, 6.45) is 1.46. The summed E-state index contributed by atoms with van der Waals surface area (Å²) in [6.45, 7) is 0. The van der Waals surface area contributed by atoms with E-state index in [1.807, 2.05) is 36.2 Å². The number of nitrogens with one attached hydrogen (secondary N) is 2. The van der Waals surface area contributed by atoms with E-state index in [2.05, 4.69) is 42.5 Å². The van der Waals surface area contributed by atoms with Gasteiger partial charge in [-0.2, -0.15) is 4.98 Å². The molecular formula is C12H10IN5O. The third kappa shape index (κ3) is 2.21. The van der Waals surface area contributed by atoms with Crippen molar-refractivity contribution in [2.24, 2.45) is 0 Å². The first kappa shape index (κ1) is 12.2. The van der Waals surface area contributed by atoms with Gasteiger partial charge in [-0.25, -0.2) is 4.98 Å². The zero-order valence-electron chi connectivity index (χ0n) is 10.0. The average molecular weight is 367 g/mol. The molecule has 0 bridgehead atoms. The summed E-state index contributed by atoms with van der Waals surface area (Å²) in [5.74, 6) is 0.464. The van der Waals surface area contributed by atoms with Crippen molar-refractivity contribution in [2.75, 3.05) is 11.9 Å². The number of imidazole rings is 1. The van der Waals surface area contributed by atoms with Crippen molar-refractivity contribution >= 4 is 45.4 Å². The predicted octanol–water partition coefficient (Wildman–Crippen LogP) is 2.02. The predicted molar refractivity (Wildman–Crippen MR) is 81.7 cm³/mol. The van der Waals surface area contributed by atoms with Gasteiger partial charge in [-0.05, 0) is 40.8 Å². The molecule has 0 unspecified atom stereocenters. The number of fused-ring (bicyclic) bond motifs is 1. The Balaban J connectivity index is 2.11. The van der Waals surface area contributed by atoms with Crippen LogP contribution in [0.1, 0.15) is 0 Å². The molecule has 0 amide bonds. The van der Waals surface area contributed by atoms with E-state index in [0.29, 0.717) is 17.1 Å². The number of rotatable bonds is 2. The summed E-state index contributed by atoms with van der Waals surface area (Å²) in [4.78, 5) is 27.5. The van der Waals surface area contributed by atoms with Crippen LogP contribution in [-0.2, 0) is 0 Å². The standard InChI is InChI=1S/C12H10IN5O/c1-18(8-4-2-3-7(13)5-8)12-16-10-9(11(19)17-12)14-6-15-10/h2-6H,1H3,(H2,14,15,16,17,19). The highest BCUT2D eigenvalue weighted by Crippen LogP contribution is 2.21. The van der Waals surface area contributed by atoms with E-state index < -0.39 is 0 Å². The normalized spacial score (nSPS) is 10.8. The van der Waals surface area contributed by atoms with Crippen LogP contribution in [0.5, 0.6) is 0 Å². The topological polar surface area (TPSA) is 77.7 Å². The van der Waals surface area contributed by atoms with Gasteiger partial charge < -0.3 is 9.88 Å².